The van der Waals surface area contributed by atoms with Crippen molar-refractivity contribution < 1.29 is 4.39 Å². The highest BCUT2D eigenvalue weighted by molar-refractivity contribution is 9.10. The van der Waals surface area contributed by atoms with Crippen LogP contribution in [0.2, 0.25) is 0 Å². The molecule has 0 aliphatic carbocycles. The minimum atomic E-state index is -0.380. The first-order chi connectivity index (χ1) is 13.1. The average Bonchev–Trinajstić information content (AvgIpc) is 3.20. The van der Waals surface area contributed by atoms with E-state index in [0.29, 0.717) is 30.0 Å². The Kier molecular flexibility index (Phi) is 6.02. The van der Waals surface area contributed by atoms with E-state index in [1.165, 1.54) is 16.7 Å². The van der Waals surface area contributed by atoms with Crippen LogP contribution in [0.3, 0.4) is 0 Å². The van der Waals surface area contributed by atoms with Gasteiger partial charge in [0.15, 0.2) is 5.82 Å². The number of aromatic amines is 1. The average molecular weight is 467 g/mol. The van der Waals surface area contributed by atoms with Crippen LogP contribution >= 0.6 is 28.3 Å². The van der Waals surface area contributed by atoms with E-state index in [0.717, 1.165) is 22.0 Å². The zero-order valence-electron chi connectivity index (χ0n) is 14.7. The maximum atomic E-state index is 13.9. The highest BCUT2D eigenvalue weighted by atomic mass is 79.9. The molecule has 6 nitrogen and oxygen atoms in total. The van der Waals surface area contributed by atoms with Gasteiger partial charge in [0.1, 0.15) is 5.82 Å². The van der Waals surface area contributed by atoms with Crippen LogP contribution in [0.5, 0.6) is 0 Å². The molecule has 28 heavy (non-hydrogen) atoms. The smallest absolute Gasteiger partial charge is 0.345 e. The number of benzene rings is 2. The number of halogens is 3. The molecule has 2 heterocycles. The van der Waals surface area contributed by atoms with E-state index in [2.05, 4.69) is 26.1 Å². The lowest BCUT2D eigenvalue weighted by Crippen LogP contribution is -2.15. The van der Waals surface area contributed by atoms with Crippen molar-refractivity contribution in [3.63, 3.8) is 0 Å². The van der Waals surface area contributed by atoms with Crippen LogP contribution in [-0.4, -0.2) is 25.9 Å². The maximum Gasteiger partial charge on any atom is 0.348 e. The van der Waals surface area contributed by atoms with Gasteiger partial charge in [0.2, 0.25) is 0 Å². The molecule has 9 heteroatoms. The highest BCUT2D eigenvalue weighted by Gasteiger charge is 2.18. The lowest BCUT2D eigenvalue weighted by molar-refractivity contribution is 0.629. The number of nitrogens with two attached hydrogens (primary N) is 1. The zero-order chi connectivity index (χ0) is 19.0. The standard InChI is InChI=1S/C19H17BrFN5O.ClH/c20-13-4-2-12(3-5-13)18-23-24-19(27)26(18)17-11-25(9-1-8-22)16-7-6-14(21)10-15(16)17;/h2-7,10-11H,1,8-9,22H2,(H,24,27);1H. The molecule has 0 fully saturated rings. The summed E-state index contributed by atoms with van der Waals surface area (Å²) in [5.41, 5.74) is 7.45. The molecule has 0 radical (unpaired) electrons. The van der Waals surface area contributed by atoms with E-state index in [1.54, 1.807) is 6.07 Å². The lowest BCUT2D eigenvalue weighted by atomic mass is 10.2. The number of rotatable bonds is 5. The fraction of sp³-hybridized carbons (Fsp3) is 0.158. The van der Waals surface area contributed by atoms with Gasteiger partial charge in [-0.3, -0.25) is 0 Å². The van der Waals surface area contributed by atoms with Crippen LogP contribution in [0.1, 0.15) is 6.42 Å². The zero-order valence-corrected chi connectivity index (χ0v) is 17.1. The van der Waals surface area contributed by atoms with Crippen LogP contribution < -0.4 is 11.4 Å². The van der Waals surface area contributed by atoms with Crippen molar-refractivity contribution in [1.29, 1.82) is 0 Å². The van der Waals surface area contributed by atoms with Gasteiger partial charge in [-0.15, -0.1) is 12.4 Å². The lowest BCUT2D eigenvalue weighted by Gasteiger charge is -2.05. The van der Waals surface area contributed by atoms with Crippen molar-refractivity contribution in [1.82, 2.24) is 19.3 Å². The molecule has 146 valence electrons. The van der Waals surface area contributed by atoms with Crippen LogP contribution in [-0.2, 0) is 6.54 Å². The summed E-state index contributed by atoms with van der Waals surface area (Å²) in [5.74, 6) is 0.108. The second kappa shape index (κ2) is 8.30. The van der Waals surface area contributed by atoms with Gasteiger partial charge in [0, 0.05) is 28.2 Å². The molecule has 0 saturated heterocycles. The van der Waals surface area contributed by atoms with E-state index in [-0.39, 0.29) is 23.9 Å². The van der Waals surface area contributed by atoms with Crippen molar-refractivity contribution in [3.8, 4) is 17.1 Å². The summed E-state index contributed by atoms with van der Waals surface area (Å²) in [4.78, 5) is 12.5. The van der Waals surface area contributed by atoms with E-state index < -0.39 is 0 Å². The predicted octanol–water partition coefficient (Wildman–Crippen LogP) is 3.85. The Labute approximate surface area is 174 Å². The van der Waals surface area contributed by atoms with Crippen LogP contribution in [0.15, 0.2) is 57.9 Å². The Hall–Kier alpha value is -2.42. The molecular formula is C19H18BrClFN5O. The van der Waals surface area contributed by atoms with E-state index in [1.807, 2.05) is 35.0 Å². The Morgan fingerprint density at radius 3 is 2.64 bits per heavy atom. The van der Waals surface area contributed by atoms with Gasteiger partial charge in [-0.1, -0.05) is 28.1 Å². The van der Waals surface area contributed by atoms with Crippen LogP contribution in [0.4, 0.5) is 4.39 Å². The summed E-state index contributed by atoms with van der Waals surface area (Å²) < 4.78 is 18.3. The number of nitrogens with zero attached hydrogens (tertiary/aromatic N) is 3. The molecule has 0 aliphatic rings. The first kappa shape index (κ1) is 20.3. The summed E-state index contributed by atoms with van der Waals surface area (Å²) in [5, 5.41) is 7.33. The number of aromatic nitrogens is 4. The first-order valence-electron chi connectivity index (χ1n) is 8.50. The van der Waals surface area contributed by atoms with E-state index >= 15 is 0 Å². The summed E-state index contributed by atoms with van der Waals surface area (Å²) >= 11 is 3.40. The fourth-order valence-corrected chi connectivity index (χ4v) is 3.45. The Balaban J connectivity index is 0.00000225. The summed E-state index contributed by atoms with van der Waals surface area (Å²) in [6.45, 7) is 1.23. The molecular weight excluding hydrogens is 449 g/mol. The van der Waals surface area contributed by atoms with Crippen molar-refractivity contribution in [2.24, 2.45) is 5.73 Å². The largest absolute Gasteiger partial charge is 0.348 e. The van der Waals surface area contributed by atoms with Crippen LogP contribution in [0, 0.1) is 5.82 Å². The molecule has 2 aromatic heterocycles. The van der Waals surface area contributed by atoms with Gasteiger partial charge in [-0.2, -0.15) is 5.10 Å². The SMILES string of the molecule is Cl.NCCCn1cc(-n2c(-c3ccc(Br)cc3)n[nH]c2=O)c2cc(F)ccc21. The van der Waals surface area contributed by atoms with Gasteiger partial charge >= 0.3 is 5.69 Å². The Bertz CT molecular complexity index is 1170. The quantitative estimate of drug-likeness (QED) is 0.469. The Morgan fingerprint density at radius 1 is 1.18 bits per heavy atom. The third-order valence-corrected chi connectivity index (χ3v) is 4.97. The monoisotopic (exact) mass is 465 g/mol. The summed E-state index contributed by atoms with van der Waals surface area (Å²) in [6.07, 6.45) is 2.62. The Morgan fingerprint density at radius 2 is 1.93 bits per heavy atom. The second-order valence-corrected chi connectivity index (χ2v) is 7.12. The van der Waals surface area contributed by atoms with Crippen molar-refractivity contribution in [3.05, 3.63) is 69.4 Å². The third kappa shape index (κ3) is 3.63. The van der Waals surface area contributed by atoms with Crippen molar-refractivity contribution in [2.45, 2.75) is 13.0 Å². The highest BCUT2D eigenvalue weighted by Crippen LogP contribution is 2.28. The first-order valence-corrected chi connectivity index (χ1v) is 9.30. The number of aryl methyl sites for hydroxylation is 1. The van der Waals surface area contributed by atoms with Crippen LogP contribution in [0.25, 0.3) is 28.0 Å². The minimum absolute atomic E-state index is 0. The van der Waals surface area contributed by atoms with Gasteiger partial charge in [0.25, 0.3) is 0 Å². The second-order valence-electron chi connectivity index (χ2n) is 6.21. The molecule has 0 amide bonds. The fourth-order valence-electron chi connectivity index (χ4n) is 3.19. The number of hydrogen-bond acceptors (Lipinski definition) is 3. The van der Waals surface area contributed by atoms with Gasteiger partial charge in [0.05, 0.1) is 11.2 Å². The molecule has 4 rings (SSSR count). The molecule has 0 saturated carbocycles. The number of hydrogen-bond donors (Lipinski definition) is 2. The van der Waals surface area contributed by atoms with Crippen molar-refractivity contribution >= 4 is 39.2 Å². The van der Waals surface area contributed by atoms with Gasteiger partial charge in [-0.05, 0) is 43.3 Å². The van der Waals surface area contributed by atoms with Gasteiger partial charge < -0.3 is 10.3 Å². The van der Waals surface area contributed by atoms with E-state index in [4.69, 9.17) is 5.73 Å². The number of fused-ring (bicyclic) bond motifs is 1. The molecule has 0 unspecified atom stereocenters. The molecule has 0 atom stereocenters. The van der Waals surface area contributed by atoms with Gasteiger partial charge in [-0.25, -0.2) is 18.9 Å². The minimum Gasteiger partial charge on any atom is -0.345 e. The molecule has 0 aliphatic heterocycles. The summed E-state index contributed by atoms with van der Waals surface area (Å²) in [7, 11) is 0. The predicted molar refractivity (Wildman–Crippen MR) is 114 cm³/mol. The maximum absolute atomic E-state index is 13.9. The molecule has 2 aromatic carbocycles. The summed E-state index contributed by atoms with van der Waals surface area (Å²) in [6, 6.07) is 12.1. The third-order valence-electron chi connectivity index (χ3n) is 4.44. The van der Waals surface area contributed by atoms with Crippen molar-refractivity contribution in [2.75, 3.05) is 6.54 Å². The molecule has 0 bridgehead atoms. The number of nitrogens with one attached hydrogen (secondary N) is 1. The normalized spacial score (nSPS) is 11.0. The molecule has 4 aromatic rings. The topological polar surface area (TPSA) is 81.6 Å². The van der Waals surface area contributed by atoms with E-state index in [9.17, 15) is 9.18 Å². The molecule has 0 spiro atoms. The number of H-pyrrole nitrogens is 1. The molecule has 3 N–H and O–H groups in total.